The third-order valence-corrected chi connectivity index (χ3v) is 11.5. The van der Waals surface area contributed by atoms with E-state index in [1.54, 1.807) is 18.3 Å². The van der Waals surface area contributed by atoms with E-state index >= 15 is 0 Å². The zero-order chi connectivity index (χ0) is 33.5. The van der Waals surface area contributed by atoms with Crippen molar-refractivity contribution in [2.24, 2.45) is 5.41 Å². The Morgan fingerprint density at radius 1 is 1.15 bits per heavy atom. The molecule has 0 unspecified atom stereocenters. The fraction of sp³-hybridized carbons (Fsp3) is 0.486. The van der Waals surface area contributed by atoms with Crippen LogP contribution in [0, 0.1) is 19.3 Å². The predicted octanol–water partition coefficient (Wildman–Crippen LogP) is 4.89. The van der Waals surface area contributed by atoms with Crippen LogP contribution in [0.15, 0.2) is 53.6 Å². The molecule has 0 saturated carbocycles. The zero-order valence-corrected chi connectivity index (χ0v) is 28.8. The molecule has 1 amide bonds. The van der Waals surface area contributed by atoms with Gasteiger partial charge in [-0.15, -0.1) is 5.10 Å². The van der Waals surface area contributed by atoms with Gasteiger partial charge in [-0.05, 0) is 79.6 Å². The van der Waals surface area contributed by atoms with E-state index in [2.05, 4.69) is 38.8 Å². The van der Waals surface area contributed by atoms with Crippen LogP contribution in [0.2, 0.25) is 0 Å². The standard InChI is InChI=1S/C35H44N6O5S/c1-7-27-20-40(47(43,44)30-10-9-16-36-33(30)46-27)19-25-18-24(12-11-22(25)3)31(35(5,6)34(42)37-26-15-17-45-21-26)28-13-14-29-32(23(28)4)38-39-41(29)8-2/h9-14,16,18,26-27,31H,7-8,15,17,19-21H2,1-6H3,(H,37,42)/t26-,27-,31+/m1/s1. The number of carbonyl (C=O) groups excluding carboxylic acids is 1. The molecule has 0 bridgehead atoms. The number of hydrogen-bond acceptors (Lipinski definition) is 8. The van der Waals surface area contributed by atoms with E-state index in [0.29, 0.717) is 26.2 Å². The molecular formula is C35H44N6O5S. The molecule has 47 heavy (non-hydrogen) atoms. The number of rotatable bonds is 9. The Hall–Kier alpha value is -3.87. The average Bonchev–Trinajstić information content (AvgIpc) is 3.71. The highest BCUT2D eigenvalue weighted by molar-refractivity contribution is 7.89. The molecule has 2 aromatic carbocycles. The van der Waals surface area contributed by atoms with Crippen molar-refractivity contribution in [3.8, 4) is 5.88 Å². The van der Waals surface area contributed by atoms with Gasteiger partial charge in [0.25, 0.3) is 0 Å². The number of benzene rings is 2. The van der Waals surface area contributed by atoms with Crippen LogP contribution in [-0.2, 0) is 32.6 Å². The minimum Gasteiger partial charge on any atom is -0.472 e. The van der Waals surface area contributed by atoms with Gasteiger partial charge in [0.15, 0.2) is 0 Å². The van der Waals surface area contributed by atoms with Gasteiger partial charge >= 0.3 is 0 Å². The first-order valence-electron chi connectivity index (χ1n) is 16.4. The highest BCUT2D eigenvalue weighted by atomic mass is 32.2. The van der Waals surface area contributed by atoms with Crippen LogP contribution in [0.1, 0.15) is 74.3 Å². The third kappa shape index (κ3) is 6.14. The van der Waals surface area contributed by atoms with E-state index in [1.807, 2.05) is 58.4 Å². The smallest absolute Gasteiger partial charge is 0.248 e. The van der Waals surface area contributed by atoms with Crippen molar-refractivity contribution in [1.82, 2.24) is 29.6 Å². The summed E-state index contributed by atoms with van der Waals surface area (Å²) in [5.41, 5.74) is 5.50. The second-order valence-corrected chi connectivity index (χ2v) is 15.1. The minimum absolute atomic E-state index is 0.0385. The van der Waals surface area contributed by atoms with Crippen LogP contribution >= 0.6 is 0 Å². The number of carbonyl (C=O) groups is 1. The Kier molecular flexibility index (Phi) is 9.12. The first-order valence-corrected chi connectivity index (χ1v) is 17.8. The van der Waals surface area contributed by atoms with Crippen LogP contribution in [0.5, 0.6) is 5.88 Å². The summed E-state index contributed by atoms with van der Waals surface area (Å²) in [6, 6.07) is 13.4. The van der Waals surface area contributed by atoms with Crippen LogP contribution in [0.4, 0.5) is 0 Å². The lowest BCUT2D eigenvalue weighted by Crippen LogP contribution is -2.46. The van der Waals surface area contributed by atoms with Gasteiger partial charge in [0, 0.05) is 31.8 Å². The van der Waals surface area contributed by atoms with Gasteiger partial charge in [-0.1, -0.05) is 50.3 Å². The Morgan fingerprint density at radius 3 is 2.68 bits per heavy atom. The normalized spacial score (nSPS) is 20.4. The summed E-state index contributed by atoms with van der Waals surface area (Å²) in [6.07, 6.45) is 2.61. The maximum absolute atomic E-state index is 14.1. The Labute approximate surface area is 276 Å². The summed E-state index contributed by atoms with van der Waals surface area (Å²) >= 11 is 0. The van der Waals surface area contributed by atoms with Gasteiger partial charge in [0.05, 0.1) is 30.1 Å². The molecule has 4 heterocycles. The van der Waals surface area contributed by atoms with Gasteiger partial charge < -0.3 is 14.8 Å². The summed E-state index contributed by atoms with van der Waals surface area (Å²) in [5, 5.41) is 12.1. The molecular weight excluding hydrogens is 616 g/mol. The number of pyridine rings is 1. The second-order valence-electron chi connectivity index (χ2n) is 13.2. The van der Waals surface area contributed by atoms with E-state index in [9.17, 15) is 13.2 Å². The molecule has 0 aliphatic carbocycles. The van der Waals surface area contributed by atoms with Crippen LogP contribution < -0.4 is 10.1 Å². The summed E-state index contributed by atoms with van der Waals surface area (Å²) in [5.74, 6) is -0.310. The predicted molar refractivity (Wildman–Crippen MR) is 179 cm³/mol. The Morgan fingerprint density at radius 2 is 1.96 bits per heavy atom. The van der Waals surface area contributed by atoms with Crippen molar-refractivity contribution >= 4 is 27.0 Å². The summed E-state index contributed by atoms with van der Waals surface area (Å²) in [4.78, 5) is 18.4. The number of aromatic nitrogens is 4. The number of nitrogens with zero attached hydrogens (tertiary/aromatic N) is 5. The minimum atomic E-state index is -3.90. The highest BCUT2D eigenvalue weighted by Gasteiger charge is 2.42. The van der Waals surface area contributed by atoms with E-state index in [4.69, 9.17) is 9.47 Å². The van der Waals surface area contributed by atoms with Crippen molar-refractivity contribution in [1.29, 1.82) is 0 Å². The number of fused-ring (bicyclic) bond motifs is 2. The molecule has 2 aliphatic rings. The lowest BCUT2D eigenvalue weighted by atomic mass is 9.69. The molecule has 6 rings (SSSR count). The fourth-order valence-corrected chi connectivity index (χ4v) is 8.30. The quantitative estimate of drug-likeness (QED) is 0.269. The maximum atomic E-state index is 14.1. The van der Waals surface area contributed by atoms with Gasteiger partial charge in [0.1, 0.15) is 16.5 Å². The topological polar surface area (TPSA) is 129 Å². The van der Waals surface area contributed by atoms with E-state index < -0.39 is 15.4 Å². The van der Waals surface area contributed by atoms with E-state index in [1.165, 1.54) is 4.31 Å². The summed E-state index contributed by atoms with van der Waals surface area (Å²) in [7, 11) is -3.90. The highest BCUT2D eigenvalue weighted by Crippen LogP contribution is 2.44. The van der Waals surface area contributed by atoms with E-state index in [-0.39, 0.29) is 47.8 Å². The first kappa shape index (κ1) is 33.0. The number of hydrogen-bond donors (Lipinski definition) is 1. The number of aryl methyl sites for hydroxylation is 3. The lowest BCUT2D eigenvalue weighted by Gasteiger charge is -2.36. The van der Waals surface area contributed by atoms with Crippen molar-refractivity contribution in [2.45, 2.75) is 90.4 Å². The molecule has 1 N–H and O–H groups in total. The number of sulfonamides is 1. The van der Waals surface area contributed by atoms with Gasteiger partial charge in [-0.2, -0.15) is 4.31 Å². The summed E-state index contributed by atoms with van der Waals surface area (Å²) in [6.45, 7) is 14.1. The second kappa shape index (κ2) is 13.0. The molecule has 2 aliphatic heterocycles. The largest absolute Gasteiger partial charge is 0.472 e. The lowest BCUT2D eigenvalue weighted by molar-refractivity contribution is -0.130. The van der Waals surface area contributed by atoms with Gasteiger partial charge in [-0.3, -0.25) is 4.79 Å². The average molecular weight is 661 g/mol. The van der Waals surface area contributed by atoms with Crippen molar-refractivity contribution < 1.29 is 22.7 Å². The van der Waals surface area contributed by atoms with Crippen molar-refractivity contribution in [3.05, 3.63) is 76.5 Å². The molecule has 0 radical (unpaired) electrons. The summed E-state index contributed by atoms with van der Waals surface area (Å²) < 4.78 is 42.9. The molecule has 3 atom stereocenters. The molecule has 11 nitrogen and oxygen atoms in total. The Balaban J connectivity index is 1.44. The SMILES string of the molecule is CC[C@@H]1CN(Cc2cc([C@@H](c3ccc4c(nnn4CC)c3C)C(C)(C)C(=O)N[C@@H]3CCOC3)ccc2C)S(=O)(=O)c2cccnc2O1. The van der Waals surface area contributed by atoms with E-state index in [0.717, 1.165) is 45.3 Å². The van der Waals surface area contributed by atoms with Crippen molar-refractivity contribution in [2.75, 3.05) is 19.8 Å². The molecule has 250 valence electrons. The molecule has 1 fully saturated rings. The molecule has 1 saturated heterocycles. The van der Waals surface area contributed by atoms with Crippen LogP contribution in [-0.4, -0.2) is 70.5 Å². The van der Waals surface area contributed by atoms with Gasteiger partial charge in [0.2, 0.25) is 21.8 Å². The Bertz CT molecular complexity index is 1900. The van der Waals surface area contributed by atoms with Crippen LogP contribution in [0.3, 0.4) is 0 Å². The molecule has 2 aromatic heterocycles. The van der Waals surface area contributed by atoms with Gasteiger partial charge in [-0.25, -0.2) is 18.1 Å². The number of nitrogens with one attached hydrogen (secondary N) is 1. The van der Waals surface area contributed by atoms with Crippen LogP contribution in [0.25, 0.3) is 11.0 Å². The molecule has 0 spiro atoms. The fourth-order valence-electron chi connectivity index (χ4n) is 6.78. The molecule has 12 heteroatoms. The third-order valence-electron chi connectivity index (χ3n) is 9.71. The number of ether oxygens (including phenoxy) is 2. The first-order chi connectivity index (χ1) is 22.4. The van der Waals surface area contributed by atoms with Crippen molar-refractivity contribution in [3.63, 3.8) is 0 Å². The monoisotopic (exact) mass is 660 g/mol. The molecule has 4 aromatic rings. The number of amides is 1. The maximum Gasteiger partial charge on any atom is 0.248 e. The zero-order valence-electron chi connectivity index (χ0n) is 28.0.